The summed E-state index contributed by atoms with van der Waals surface area (Å²) < 4.78 is 51.9. The van der Waals surface area contributed by atoms with E-state index >= 15 is 0 Å². The van der Waals surface area contributed by atoms with Crippen LogP contribution in [0, 0.1) is 5.82 Å². The van der Waals surface area contributed by atoms with E-state index in [0.29, 0.717) is 18.8 Å². The molecule has 0 spiro atoms. The minimum atomic E-state index is -4.67. The minimum absolute atomic E-state index is 0.150. The smallest absolute Gasteiger partial charge is 0.370 e. The van der Waals surface area contributed by atoms with Gasteiger partial charge < -0.3 is 10.2 Å². The van der Waals surface area contributed by atoms with E-state index < -0.39 is 17.6 Å². The van der Waals surface area contributed by atoms with Crippen LogP contribution in [0.5, 0.6) is 0 Å². The van der Waals surface area contributed by atoms with Crippen molar-refractivity contribution in [1.82, 2.24) is 5.32 Å². The molecule has 2 rings (SSSR count). The van der Waals surface area contributed by atoms with Crippen LogP contribution in [-0.4, -0.2) is 25.2 Å². The Morgan fingerprint density at radius 2 is 2.05 bits per heavy atom. The summed E-state index contributed by atoms with van der Waals surface area (Å²) in [5.74, 6) is -1.22. The average molecular weight is 304 g/mol. The normalized spacial score (nSPS) is 24.0. The molecule has 1 aliphatic rings. The maximum absolute atomic E-state index is 13.4. The number of halogens is 4. The summed E-state index contributed by atoms with van der Waals surface area (Å²) in [6, 6.07) is 3.24. The van der Waals surface area contributed by atoms with Crippen LogP contribution < -0.4 is 10.2 Å². The number of hydrogen-bond donors (Lipinski definition) is 1. The topological polar surface area (TPSA) is 15.3 Å². The van der Waals surface area contributed by atoms with Crippen molar-refractivity contribution in [3.8, 4) is 0 Å². The van der Waals surface area contributed by atoms with Crippen LogP contribution in [0.2, 0.25) is 0 Å². The molecule has 0 aliphatic carbocycles. The zero-order valence-electron chi connectivity index (χ0n) is 12.2. The van der Waals surface area contributed by atoms with Crippen LogP contribution in [0.4, 0.5) is 23.2 Å². The number of hydrogen-bond acceptors (Lipinski definition) is 2. The zero-order chi connectivity index (χ0) is 15.7. The second kappa shape index (κ2) is 5.83. The molecule has 1 aliphatic heterocycles. The van der Waals surface area contributed by atoms with E-state index in [-0.39, 0.29) is 5.54 Å². The Hall–Kier alpha value is -1.30. The molecule has 118 valence electrons. The molecule has 0 saturated carbocycles. The van der Waals surface area contributed by atoms with E-state index in [2.05, 4.69) is 12.2 Å². The summed E-state index contributed by atoms with van der Waals surface area (Å²) in [6.07, 6.45) is -2.95. The molecule has 1 unspecified atom stereocenters. The molecule has 1 fully saturated rings. The molecule has 6 heteroatoms. The van der Waals surface area contributed by atoms with E-state index in [0.717, 1.165) is 31.5 Å². The van der Waals surface area contributed by atoms with Gasteiger partial charge in [0.25, 0.3) is 0 Å². The van der Waals surface area contributed by atoms with E-state index in [1.165, 1.54) is 6.07 Å². The fraction of sp³-hybridized carbons (Fsp3) is 0.600. The van der Waals surface area contributed by atoms with Crippen molar-refractivity contribution in [2.24, 2.45) is 0 Å². The molecule has 1 saturated heterocycles. The number of rotatable bonds is 2. The van der Waals surface area contributed by atoms with Gasteiger partial charge in [-0.1, -0.05) is 6.92 Å². The quantitative estimate of drug-likeness (QED) is 0.836. The molecule has 0 bridgehead atoms. The lowest BCUT2D eigenvalue weighted by atomic mass is 9.98. The molecule has 0 amide bonds. The summed E-state index contributed by atoms with van der Waals surface area (Å²) in [4.78, 5) is 1.90. The molecule has 2 nitrogen and oxygen atoms in total. The van der Waals surface area contributed by atoms with Crippen molar-refractivity contribution >= 4 is 5.69 Å². The van der Waals surface area contributed by atoms with Crippen LogP contribution in [0.25, 0.3) is 0 Å². The maximum Gasteiger partial charge on any atom is 0.419 e. The number of benzene rings is 1. The summed E-state index contributed by atoms with van der Waals surface area (Å²) in [7, 11) is 0. The molecular weight excluding hydrogens is 284 g/mol. The molecule has 1 N–H and O–H groups in total. The molecule has 1 aromatic rings. The van der Waals surface area contributed by atoms with Crippen molar-refractivity contribution in [2.45, 2.75) is 38.4 Å². The van der Waals surface area contributed by atoms with Gasteiger partial charge in [0.05, 0.1) is 5.56 Å². The van der Waals surface area contributed by atoms with Gasteiger partial charge in [-0.2, -0.15) is 13.2 Å². The maximum atomic E-state index is 13.4. The molecule has 1 aromatic carbocycles. The van der Waals surface area contributed by atoms with Crippen LogP contribution in [0.1, 0.15) is 32.3 Å². The predicted octanol–water partition coefficient (Wildman–Crippen LogP) is 3.81. The van der Waals surface area contributed by atoms with Crippen LogP contribution in [0.15, 0.2) is 18.2 Å². The Bertz CT molecular complexity index is 501. The van der Waals surface area contributed by atoms with Crippen molar-refractivity contribution in [3.63, 3.8) is 0 Å². The van der Waals surface area contributed by atoms with Crippen LogP contribution in [-0.2, 0) is 6.18 Å². The molecule has 0 radical (unpaired) electrons. The molecule has 1 heterocycles. The van der Waals surface area contributed by atoms with E-state index in [1.54, 1.807) is 0 Å². The summed E-state index contributed by atoms with van der Waals surface area (Å²) in [5, 5.41) is 3.43. The van der Waals surface area contributed by atoms with Gasteiger partial charge in [-0.3, -0.25) is 0 Å². The SMILES string of the molecule is CCC1(C)CN(c2ccc(F)c(C(F)(F)F)c2)CCCN1. The molecular formula is C15H20F4N2. The first kappa shape index (κ1) is 16.1. The van der Waals surface area contributed by atoms with Crippen molar-refractivity contribution < 1.29 is 17.6 Å². The van der Waals surface area contributed by atoms with Crippen molar-refractivity contribution in [3.05, 3.63) is 29.6 Å². The second-order valence-electron chi connectivity index (χ2n) is 5.78. The van der Waals surface area contributed by atoms with Gasteiger partial charge in [-0.05, 0) is 44.5 Å². The first-order chi connectivity index (χ1) is 9.75. The average Bonchev–Trinajstić information content (AvgIpc) is 2.61. The number of nitrogens with zero attached hydrogens (tertiary/aromatic N) is 1. The van der Waals surface area contributed by atoms with Gasteiger partial charge in [-0.25, -0.2) is 4.39 Å². The highest BCUT2D eigenvalue weighted by atomic mass is 19.4. The largest absolute Gasteiger partial charge is 0.419 e. The van der Waals surface area contributed by atoms with E-state index in [9.17, 15) is 17.6 Å². The lowest BCUT2D eigenvalue weighted by Gasteiger charge is -2.34. The first-order valence-electron chi connectivity index (χ1n) is 7.12. The summed E-state index contributed by atoms with van der Waals surface area (Å²) >= 11 is 0. The molecule has 21 heavy (non-hydrogen) atoms. The lowest BCUT2D eigenvalue weighted by Crippen LogP contribution is -2.48. The van der Waals surface area contributed by atoms with Crippen LogP contribution in [0.3, 0.4) is 0 Å². The Morgan fingerprint density at radius 1 is 1.33 bits per heavy atom. The standard InChI is InChI=1S/C15H20F4N2/c1-3-14(2)10-21(8-4-7-20-14)11-5-6-13(16)12(9-11)15(17,18)19/h5-6,9,20H,3-4,7-8,10H2,1-2H3. The third kappa shape index (κ3) is 3.67. The number of nitrogens with one attached hydrogen (secondary N) is 1. The Labute approximate surface area is 122 Å². The third-order valence-electron chi connectivity index (χ3n) is 4.10. The summed E-state index contributed by atoms with van der Waals surface area (Å²) in [6.45, 7) is 6.19. The van der Waals surface area contributed by atoms with Crippen LogP contribution >= 0.6 is 0 Å². The zero-order valence-corrected chi connectivity index (χ0v) is 12.2. The third-order valence-corrected chi connectivity index (χ3v) is 4.10. The van der Waals surface area contributed by atoms with Gasteiger partial charge in [0.2, 0.25) is 0 Å². The minimum Gasteiger partial charge on any atom is -0.370 e. The van der Waals surface area contributed by atoms with Gasteiger partial charge in [0.1, 0.15) is 5.82 Å². The van der Waals surface area contributed by atoms with Crippen molar-refractivity contribution in [1.29, 1.82) is 0 Å². The number of anilines is 1. The predicted molar refractivity (Wildman–Crippen MR) is 74.9 cm³/mol. The molecule has 1 atom stereocenters. The highest BCUT2D eigenvalue weighted by Crippen LogP contribution is 2.34. The Kier molecular flexibility index (Phi) is 4.46. The van der Waals surface area contributed by atoms with Gasteiger partial charge in [-0.15, -0.1) is 0 Å². The van der Waals surface area contributed by atoms with Gasteiger partial charge in [0, 0.05) is 24.3 Å². The monoisotopic (exact) mass is 304 g/mol. The fourth-order valence-electron chi connectivity index (χ4n) is 2.60. The number of alkyl halides is 3. The highest BCUT2D eigenvalue weighted by molar-refractivity contribution is 5.50. The molecule has 0 aromatic heterocycles. The van der Waals surface area contributed by atoms with Crippen molar-refractivity contribution in [2.75, 3.05) is 24.5 Å². The second-order valence-corrected chi connectivity index (χ2v) is 5.78. The highest BCUT2D eigenvalue weighted by Gasteiger charge is 2.35. The van der Waals surface area contributed by atoms with E-state index in [4.69, 9.17) is 0 Å². The van der Waals surface area contributed by atoms with E-state index in [1.807, 2.05) is 11.8 Å². The van der Waals surface area contributed by atoms with Gasteiger partial charge in [0.15, 0.2) is 0 Å². The Balaban J connectivity index is 2.32. The lowest BCUT2D eigenvalue weighted by molar-refractivity contribution is -0.139. The first-order valence-corrected chi connectivity index (χ1v) is 7.12. The summed E-state index contributed by atoms with van der Waals surface area (Å²) in [5.41, 5.74) is -0.925. The fourth-order valence-corrected chi connectivity index (χ4v) is 2.60. The Morgan fingerprint density at radius 3 is 2.67 bits per heavy atom. The van der Waals surface area contributed by atoms with Gasteiger partial charge >= 0.3 is 6.18 Å².